The van der Waals surface area contributed by atoms with Crippen LogP contribution in [-0.2, 0) is 9.53 Å². The molecule has 0 amide bonds. The van der Waals surface area contributed by atoms with Crippen molar-refractivity contribution in [1.82, 2.24) is 5.32 Å². The van der Waals surface area contributed by atoms with Gasteiger partial charge >= 0.3 is 5.97 Å². The molecule has 1 aliphatic rings. The van der Waals surface area contributed by atoms with Crippen LogP contribution in [0.5, 0.6) is 0 Å². The lowest BCUT2D eigenvalue weighted by Crippen LogP contribution is -2.56. The number of nitrogens with one attached hydrogen (secondary N) is 1. The Morgan fingerprint density at radius 3 is 2.44 bits per heavy atom. The Kier molecular flexibility index (Phi) is 1.45. The largest absolute Gasteiger partial charge is 0.469 e. The molecule has 0 aromatic rings. The number of carbonyl (C=O) groups is 1. The number of rotatable bonds is 1. The summed E-state index contributed by atoms with van der Waals surface area (Å²) in [6.45, 7) is 3.40. The maximum Gasteiger partial charge on any atom is 0.314 e. The van der Waals surface area contributed by atoms with Gasteiger partial charge in [0.2, 0.25) is 0 Å². The van der Waals surface area contributed by atoms with Gasteiger partial charge in [-0.3, -0.25) is 4.79 Å². The summed E-state index contributed by atoms with van der Waals surface area (Å²) >= 11 is 0. The van der Waals surface area contributed by atoms with Crippen molar-refractivity contribution in [2.75, 3.05) is 20.2 Å². The second-order valence-electron chi connectivity index (χ2n) is 2.66. The van der Waals surface area contributed by atoms with E-state index in [0.717, 1.165) is 13.1 Å². The van der Waals surface area contributed by atoms with E-state index in [1.165, 1.54) is 7.11 Å². The lowest BCUT2D eigenvalue weighted by molar-refractivity contribution is -0.154. The molecule has 0 atom stereocenters. The summed E-state index contributed by atoms with van der Waals surface area (Å²) in [6.07, 6.45) is 0. The molecular weight excluding hydrogens is 118 g/mol. The summed E-state index contributed by atoms with van der Waals surface area (Å²) in [4.78, 5) is 10.9. The first-order valence-corrected chi connectivity index (χ1v) is 2.98. The molecule has 0 aromatic heterocycles. The second-order valence-corrected chi connectivity index (χ2v) is 2.66. The highest BCUT2D eigenvalue weighted by atomic mass is 16.5. The molecule has 1 saturated heterocycles. The van der Waals surface area contributed by atoms with Gasteiger partial charge in [0.05, 0.1) is 12.5 Å². The van der Waals surface area contributed by atoms with Crippen LogP contribution >= 0.6 is 0 Å². The third-order valence-corrected chi connectivity index (χ3v) is 1.71. The molecular formula is C6H13NO2. The van der Waals surface area contributed by atoms with Crippen LogP contribution in [-0.4, -0.2) is 26.2 Å². The predicted molar refractivity (Wildman–Crippen MR) is 35.1 cm³/mol. The molecule has 0 bridgehead atoms. The molecule has 0 spiro atoms. The molecule has 1 fully saturated rings. The number of hydrogen-bond acceptors (Lipinski definition) is 3. The van der Waals surface area contributed by atoms with Crippen molar-refractivity contribution in [1.29, 1.82) is 0 Å². The molecule has 1 N–H and O–H groups in total. The number of carbonyl (C=O) groups excluding carboxylic acids is 1. The van der Waals surface area contributed by atoms with Gasteiger partial charge in [-0.05, 0) is 6.92 Å². The van der Waals surface area contributed by atoms with E-state index in [9.17, 15) is 4.79 Å². The molecule has 9 heavy (non-hydrogen) atoms. The van der Waals surface area contributed by atoms with Crippen LogP contribution in [0, 0.1) is 5.41 Å². The smallest absolute Gasteiger partial charge is 0.314 e. The van der Waals surface area contributed by atoms with E-state index >= 15 is 0 Å². The maximum atomic E-state index is 10.9. The lowest BCUT2D eigenvalue weighted by atomic mass is 9.84. The summed E-state index contributed by atoms with van der Waals surface area (Å²) < 4.78 is 4.58. The van der Waals surface area contributed by atoms with Crippen molar-refractivity contribution in [2.24, 2.45) is 5.41 Å². The molecule has 0 unspecified atom stereocenters. The molecule has 1 rings (SSSR count). The summed E-state index contributed by atoms with van der Waals surface area (Å²) in [7, 11) is 1.42. The number of esters is 1. The minimum atomic E-state index is -0.241. The second kappa shape index (κ2) is 1.99. The van der Waals surface area contributed by atoms with Crippen LogP contribution in [0.1, 0.15) is 8.35 Å². The Morgan fingerprint density at radius 2 is 2.33 bits per heavy atom. The van der Waals surface area contributed by atoms with E-state index in [1.54, 1.807) is 0 Å². The van der Waals surface area contributed by atoms with Crippen LogP contribution in [0.25, 0.3) is 0 Å². The van der Waals surface area contributed by atoms with E-state index in [4.69, 9.17) is 0 Å². The van der Waals surface area contributed by atoms with E-state index in [-0.39, 0.29) is 12.8 Å². The highest BCUT2D eigenvalue weighted by molar-refractivity contribution is 5.77. The summed E-state index contributed by atoms with van der Waals surface area (Å²) in [5.74, 6) is -0.110. The van der Waals surface area contributed by atoms with Gasteiger partial charge in [0, 0.05) is 14.5 Å². The fraction of sp³-hybridized carbons (Fsp3) is 0.833. The fourth-order valence-electron chi connectivity index (χ4n) is 0.891. The number of methoxy groups -OCH3 is 1. The monoisotopic (exact) mass is 131 g/mol. The Balaban J connectivity index is 0.000000810. The Morgan fingerprint density at radius 1 is 1.78 bits per heavy atom. The quantitative estimate of drug-likeness (QED) is 0.510. The molecule has 1 aliphatic heterocycles. The number of ether oxygens (including phenoxy) is 1. The van der Waals surface area contributed by atoms with Crippen molar-refractivity contribution in [2.45, 2.75) is 6.92 Å². The minimum Gasteiger partial charge on any atom is -0.469 e. The Bertz CT molecular complexity index is 134. The van der Waals surface area contributed by atoms with Gasteiger partial charge in [0.1, 0.15) is 0 Å². The van der Waals surface area contributed by atoms with Crippen LogP contribution in [0.3, 0.4) is 0 Å². The summed E-state index contributed by atoms with van der Waals surface area (Å²) in [5.41, 5.74) is -0.241. The molecule has 3 heteroatoms. The highest BCUT2D eigenvalue weighted by Crippen LogP contribution is 2.22. The Hall–Kier alpha value is -0.570. The highest BCUT2D eigenvalue weighted by Gasteiger charge is 2.40. The van der Waals surface area contributed by atoms with Crippen LogP contribution in [0.4, 0.5) is 0 Å². The van der Waals surface area contributed by atoms with Gasteiger partial charge in [-0.2, -0.15) is 0 Å². The Labute approximate surface area is 55.9 Å². The first kappa shape index (κ1) is 6.55. The summed E-state index contributed by atoms with van der Waals surface area (Å²) in [5, 5.41) is 3.02. The fourth-order valence-corrected chi connectivity index (χ4v) is 0.891. The van der Waals surface area contributed by atoms with Crippen molar-refractivity contribution in [3.05, 3.63) is 0 Å². The van der Waals surface area contributed by atoms with Crippen LogP contribution in [0.15, 0.2) is 0 Å². The average molecular weight is 131 g/mol. The molecule has 0 saturated carbocycles. The first-order chi connectivity index (χ1) is 4.19. The van der Waals surface area contributed by atoms with E-state index in [2.05, 4.69) is 10.1 Å². The average Bonchev–Trinajstić information content (AvgIpc) is 1.81. The predicted octanol–water partition coefficient (Wildman–Crippen LogP) is 0.0149. The van der Waals surface area contributed by atoms with Crippen molar-refractivity contribution in [3.63, 3.8) is 0 Å². The van der Waals surface area contributed by atoms with Crippen molar-refractivity contribution in [3.8, 4) is 0 Å². The summed E-state index contributed by atoms with van der Waals surface area (Å²) in [6, 6.07) is 0. The SMILES string of the molecule is COC(=O)C1(C)CNC1.[HH]. The van der Waals surface area contributed by atoms with E-state index in [1.807, 2.05) is 6.92 Å². The topological polar surface area (TPSA) is 38.3 Å². The van der Waals surface area contributed by atoms with Gasteiger partial charge < -0.3 is 10.1 Å². The molecule has 0 aliphatic carbocycles. The van der Waals surface area contributed by atoms with Gasteiger partial charge in [-0.15, -0.1) is 0 Å². The first-order valence-electron chi connectivity index (χ1n) is 2.98. The maximum absolute atomic E-state index is 10.9. The molecule has 3 nitrogen and oxygen atoms in total. The zero-order chi connectivity index (χ0) is 6.91. The van der Waals surface area contributed by atoms with Crippen molar-refractivity contribution >= 4 is 5.97 Å². The number of hydrogen-bond donors (Lipinski definition) is 1. The molecule has 0 radical (unpaired) electrons. The van der Waals surface area contributed by atoms with Gasteiger partial charge in [0.25, 0.3) is 0 Å². The van der Waals surface area contributed by atoms with Crippen molar-refractivity contribution < 1.29 is 11.0 Å². The normalized spacial score (nSPS) is 22.4. The lowest BCUT2D eigenvalue weighted by Gasteiger charge is -2.35. The third kappa shape index (κ3) is 0.920. The molecule has 1 heterocycles. The van der Waals surface area contributed by atoms with Gasteiger partial charge in [0.15, 0.2) is 0 Å². The van der Waals surface area contributed by atoms with Gasteiger partial charge in [-0.25, -0.2) is 0 Å². The zero-order valence-corrected chi connectivity index (χ0v) is 5.73. The van der Waals surface area contributed by atoms with E-state index < -0.39 is 0 Å². The van der Waals surface area contributed by atoms with Gasteiger partial charge in [-0.1, -0.05) is 0 Å². The minimum absolute atomic E-state index is 0. The van der Waals surface area contributed by atoms with E-state index in [0.29, 0.717) is 0 Å². The molecule has 0 aromatic carbocycles. The van der Waals surface area contributed by atoms with Crippen LogP contribution in [0.2, 0.25) is 0 Å². The zero-order valence-electron chi connectivity index (χ0n) is 5.73. The van der Waals surface area contributed by atoms with Crippen LogP contribution < -0.4 is 5.32 Å². The standard InChI is InChI=1S/C6H11NO2.H2/c1-6(3-7-4-6)5(8)9-2;/h7H,3-4H2,1-2H3;1H. The molecule has 54 valence electrons. The third-order valence-electron chi connectivity index (χ3n) is 1.71.